The van der Waals surface area contributed by atoms with Crippen molar-refractivity contribution in [2.45, 2.75) is 45.4 Å². The monoisotopic (exact) mass is 251 g/mol. The molecule has 1 aromatic carbocycles. The lowest BCUT2D eigenvalue weighted by Gasteiger charge is -2.47. The van der Waals surface area contributed by atoms with Gasteiger partial charge in [0.2, 0.25) is 0 Å². The zero-order valence-electron chi connectivity index (χ0n) is 12.4. The maximum Gasteiger partial charge on any atom is 0.0742 e. The van der Waals surface area contributed by atoms with Crippen molar-refractivity contribution in [2.24, 2.45) is 0 Å². The van der Waals surface area contributed by atoms with Crippen LogP contribution >= 0.6 is 0 Å². The lowest BCUT2D eigenvalue weighted by molar-refractivity contribution is 0.298. The number of aryl methyl sites for hydroxylation is 1. The van der Waals surface area contributed by atoms with Gasteiger partial charge in [0.25, 0.3) is 0 Å². The second kappa shape index (κ2) is 3.69. The first-order valence-electron chi connectivity index (χ1n) is 6.93. The smallest absolute Gasteiger partial charge is 0.0742 e. The fraction of sp³-hybridized carbons (Fsp3) is 0.389. The molecule has 0 atom stereocenters. The molecular formula is C18H21N. The summed E-state index contributed by atoms with van der Waals surface area (Å²) < 4.78 is 0. The van der Waals surface area contributed by atoms with Crippen molar-refractivity contribution >= 4 is 0 Å². The van der Waals surface area contributed by atoms with E-state index in [0.29, 0.717) is 0 Å². The van der Waals surface area contributed by atoms with Crippen LogP contribution in [0.1, 0.15) is 44.4 Å². The summed E-state index contributed by atoms with van der Waals surface area (Å²) in [7, 11) is 0. The predicted molar refractivity (Wildman–Crippen MR) is 80.5 cm³/mol. The molecule has 1 heteroatoms. The van der Waals surface area contributed by atoms with Crippen LogP contribution in [0.15, 0.2) is 36.5 Å². The molecule has 3 rings (SSSR count). The number of hydrogen-bond acceptors (Lipinski definition) is 1. The molecule has 98 valence electrons. The summed E-state index contributed by atoms with van der Waals surface area (Å²) in [5.74, 6) is 0. The highest BCUT2D eigenvalue weighted by Gasteiger charge is 2.46. The minimum Gasteiger partial charge on any atom is -0.256 e. The van der Waals surface area contributed by atoms with Crippen LogP contribution in [-0.2, 0) is 10.8 Å². The maximum atomic E-state index is 4.72. The highest BCUT2D eigenvalue weighted by Crippen LogP contribution is 2.52. The fourth-order valence-corrected chi connectivity index (χ4v) is 3.17. The van der Waals surface area contributed by atoms with Gasteiger partial charge in [0.15, 0.2) is 0 Å². The molecule has 1 aliphatic rings. The van der Waals surface area contributed by atoms with Gasteiger partial charge in [-0.05, 0) is 29.0 Å². The first-order chi connectivity index (χ1) is 8.85. The topological polar surface area (TPSA) is 12.9 Å². The Morgan fingerprint density at radius 3 is 2.26 bits per heavy atom. The second-order valence-corrected chi connectivity index (χ2v) is 6.70. The van der Waals surface area contributed by atoms with Gasteiger partial charge in [0, 0.05) is 17.2 Å². The molecule has 1 aromatic heterocycles. The van der Waals surface area contributed by atoms with Crippen LogP contribution < -0.4 is 0 Å². The van der Waals surface area contributed by atoms with E-state index in [2.05, 4.69) is 65.0 Å². The molecule has 0 aliphatic heterocycles. The predicted octanol–water partition coefficient (Wildman–Crippen LogP) is 4.63. The molecule has 1 aliphatic carbocycles. The van der Waals surface area contributed by atoms with Crippen molar-refractivity contribution in [2.75, 3.05) is 0 Å². The molecule has 1 heterocycles. The van der Waals surface area contributed by atoms with Gasteiger partial charge in [0.05, 0.1) is 5.69 Å². The average molecular weight is 251 g/mol. The summed E-state index contributed by atoms with van der Waals surface area (Å²) in [5.41, 5.74) is 6.65. The van der Waals surface area contributed by atoms with Crippen molar-refractivity contribution in [3.05, 3.63) is 53.2 Å². The van der Waals surface area contributed by atoms with Gasteiger partial charge in [-0.3, -0.25) is 4.98 Å². The van der Waals surface area contributed by atoms with Crippen LogP contribution in [0.2, 0.25) is 0 Å². The van der Waals surface area contributed by atoms with Crippen molar-refractivity contribution in [1.82, 2.24) is 4.98 Å². The molecule has 0 spiro atoms. The zero-order valence-corrected chi connectivity index (χ0v) is 12.4. The van der Waals surface area contributed by atoms with E-state index in [0.717, 1.165) is 5.69 Å². The molecule has 0 saturated carbocycles. The van der Waals surface area contributed by atoms with E-state index in [4.69, 9.17) is 4.98 Å². The number of pyridine rings is 1. The second-order valence-electron chi connectivity index (χ2n) is 6.70. The van der Waals surface area contributed by atoms with Gasteiger partial charge in [-0.15, -0.1) is 0 Å². The van der Waals surface area contributed by atoms with Crippen molar-refractivity contribution in [1.29, 1.82) is 0 Å². The highest BCUT2D eigenvalue weighted by molar-refractivity contribution is 5.74. The summed E-state index contributed by atoms with van der Waals surface area (Å²) in [4.78, 5) is 4.72. The molecule has 19 heavy (non-hydrogen) atoms. The summed E-state index contributed by atoms with van der Waals surface area (Å²) in [6.07, 6.45) is 1.98. The third-order valence-corrected chi connectivity index (χ3v) is 5.12. The van der Waals surface area contributed by atoms with Gasteiger partial charge in [0.1, 0.15) is 0 Å². The van der Waals surface area contributed by atoms with Gasteiger partial charge in [-0.25, -0.2) is 0 Å². The van der Waals surface area contributed by atoms with E-state index >= 15 is 0 Å². The van der Waals surface area contributed by atoms with Crippen molar-refractivity contribution in [3.63, 3.8) is 0 Å². The molecule has 0 fully saturated rings. The van der Waals surface area contributed by atoms with Gasteiger partial charge >= 0.3 is 0 Å². The van der Waals surface area contributed by atoms with Crippen LogP contribution in [0.25, 0.3) is 11.3 Å². The van der Waals surface area contributed by atoms with E-state index in [1.165, 1.54) is 22.3 Å². The van der Waals surface area contributed by atoms with Crippen molar-refractivity contribution < 1.29 is 0 Å². The minimum absolute atomic E-state index is 0.0791. The number of benzene rings is 1. The van der Waals surface area contributed by atoms with Crippen LogP contribution in [0.3, 0.4) is 0 Å². The molecule has 1 nitrogen and oxygen atoms in total. The molecule has 0 saturated heterocycles. The molecular weight excluding hydrogens is 230 g/mol. The third-order valence-electron chi connectivity index (χ3n) is 5.12. The Morgan fingerprint density at radius 2 is 1.53 bits per heavy atom. The van der Waals surface area contributed by atoms with Crippen LogP contribution in [0, 0.1) is 6.92 Å². The molecule has 0 radical (unpaired) electrons. The number of rotatable bonds is 0. The third kappa shape index (κ3) is 1.51. The highest BCUT2D eigenvalue weighted by atomic mass is 14.7. The lowest BCUT2D eigenvalue weighted by Crippen LogP contribution is -2.43. The minimum atomic E-state index is 0.0791. The molecule has 0 unspecified atom stereocenters. The van der Waals surface area contributed by atoms with E-state index < -0.39 is 0 Å². The summed E-state index contributed by atoms with van der Waals surface area (Å²) in [5, 5.41) is 0. The standard InChI is InChI=1S/C18H21N/c1-12-10-15-16(19-11-12)13-8-6-7-9-14(13)17(2,3)18(15,4)5/h6-11H,1-5H3. The number of aromatic nitrogens is 1. The number of nitrogens with zero attached hydrogens (tertiary/aromatic N) is 1. The Hall–Kier alpha value is -1.63. The Kier molecular flexibility index (Phi) is 2.41. The Morgan fingerprint density at radius 1 is 0.895 bits per heavy atom. The SMILES string of the molecule is Cc1cnc2c(c1)C(C)(C)C(C)(C)c1ccccc1-2. The van der Waals surface area contributed by atoms with Crippen LogP contribution in [-0.4, -0.2) is 4.98 Å². The number of hydrogen-bond donors (Lipinski definition) is 0. The van der Waals surface area contributed by atoms with E-state index in [1.807, 2.05) is 6.20 Å². The normalized spacial score (nSPS) is 18.6. The Balaban J connectivity index is 2.43. The summed E-state index contributed by atoms with van der Waals surface area (Å²) >= 11 is 0. The van der Waals surface area contributed by atoms with Gasteiger partial charge in [-0.2, -0.15) is 0 Å². The zero-order chi connectivity index (χ0) is 13.8. The molecule has 2 aromatic rings. The van der Waals surface area contributed by atoms with E-state index in [-0.39, 0.29) is 10.8 Å². The van der Waals surface area contributed by atoms with Crippen LogP contribution in [0.5, 0.6) is 0 Å². The molecule has 0 bridgehead atoms. The maximum absolute atomic E-state index is 4.72. The largest absolute Gasteiger partial charge is 0.256 e. The molecule has 0 amide bonds. The van der Waals surface area contributed by atoms with E-state index in [9.17, 15) is 0 Å². The first kappa shape index (κ1) is 12.4. The molecule has 0 N–H and O–H groups in total. The van der Waals surface area contributed by atoms with Crippen molar-refractivity contribution in [3.8, 4) is 11.3 Å². The van der Waals surface area contributed by atoms with Gasteiger partial charge < -0.3 is 0 Å². The Labute approximate surface area is 115 Å². The average Bonchev–Trinajstić information content (AvgIpc) is 2.37. The lowest BCUT2D eigenvalue weighted by atomic mass is 9.56. The fourth-order valence-electron chi connectivity index (χ4n) is 3.17. The first-order valence-corrected chi connectivity index (χ1v) is 6.93. The Bertz CT molecular complexity index is 650. The van der Waals surface area contributed by atoms with Gasteiger partial charge in [-0.1, -0.05) is 58.0 Å². The number of fused-ring (bicyclic) bond motifs is 3. The summed E-state index contributed by atoms with van der Waals surface area (Å²) in [6.45, 7) is 11.5. The van der Waals surface area contributed by atoms with Crippen LogP contribution in [0.4, 0.5) is 0 Å². The van der Waals surface area contributed by atoms with E-state index in [1.54, 1.807) is 0 Å². The summed E-state index contributed by atoms with van der Waals surface area (Å²) in [6, 6.07) is 11.0. The quantitative estimate of drug-likeness (QED) is 0.665.